The lowest BCUT2D eigenvalue weighted by Gasteiger charge is -2.15. The summed E-state index contributed by atoms with van der Waals surface area (Å²) in [6.45, 7) is 4.20. The van der Waals surface area contributed by atoms with Crippen molar-refractivity contribution in [2.75, 3.05) is 13.2 Å². The summed E-state index contributed by atoms with van der Waals surface area (Å²) in [7, 11) is 0. The SMILES string of the molecule is CCCCCCC/C=C\C/C=C\CCCCCCCCCCCCCCCCCCCCCCCCCCCCCCCC(=O)OC(CO)COC(=O)CCCCCCCCCCCCCCCCCCCCCCCCC. The Labute approximate surface area is 489 Å². The minimum Gasteiger partial charge on any atom is -0.462 e. The van der Waals surface area contributed by atoms with Gasteiger partial charge < -0.3 is 14.6 Å². The zero-order valence-electron chi connectivity index (χ0n) is 53.2. The molecule has 0 aliphatic heterocycles. The van der Waals surface area contributed by atoms with Crippen LogP contribution < -0.4 is 0 Å². The molecule has 0 aromatic heterocycles. The van der Waals surface area contributed by atoms with Crippen molar-refractivity contribution in [3.63, 3.8) is 0 Å². The van der Waals surface area contributed by atoms with Crippen LogP contribution in [0.3, 0.4) is 0 Å². The molecule has 0 aliphatic carbocycles. The molecule has 78 heavy (non-hydrogen) atoms. The molecule has 0 spiro atoms. The predicted molar refractivity (Wildman–Crippen MR) is 344 cm³/mol. The van der Waals surface area contributed by atoms with Crippen molar-refractivity contribution in [3.8, 4) is 0 Å². The number of aliphatic hydroxyl groups excluding tert-OH is 1. The van der Waals surface area contributed by atoms with Gasteiger partial charge in [0, 0.05) is 12.8 Å². The maximum atomic E-state index is 12.4. The van der Waals surface area contributed by atoms with Gasteiger partial charge in [-0.25, -0.2) is 0 Å². The molecule has 0 aromatic carbocycles. The Morgan fingerprint density at radius 1 is 0.295 bits per heavy atom. The highest BCUT2D eigenvalue weighted by Crippen LogP contribution is 2.19. The topological polar surface area (TPSA) is 72.8 Å². The summed E-state index contributed by atoms with van der Waals surface area (Å²) in [5, 5.41) is 9.70. The molecule has 0 bridgehead atoms. The minimum atomic E-state index is -0.767. The average molecular weight is 1100 g/mol. The second kappa shape index (κ2) is 69.6. The van der Waals surface area contributed by atoms with E-state index in [0.29, 0.717) is 12.8 Å². The molecule has 0 amide bonds. The van der Waals surface area contributed by atoms with Crippen LogP contribution in [-0.4, -0.2) is 36.4 Å². The molecule has 462 valence electrons. The molecule has 0 aromatic rings. The van der Waals surface area contributed by atoms with Crippen LogP contribution in [0.15, 0.2) is 24.3 Å². The fourth-order valence-corrected chi connectivity index (χ4v) is 11.4. The van der Waals surface area contributed by atoms with Gasteiger partial charge in [0.25, 0.3) is 0 Å². The van der Waals surface area contributed by atoms with Crippen LogP contribution in [0.4, 0.5) is 0 Å². The summed E-state index contributed by atoms with van der Waals surface area (Å²) in [6.07, 6.45) is 90.9. The summed E-state index contributed by atoms with van der Waals surface area (Å²) >= 11 is 0. The highest BCUT2D eigenvalue weighted by atomic mass is 16.6. The van der Waals surface area contributed by atoms with Gasteiger partial charge in [0.15, 0.2) is 6.10 Å². The molecule has 5 nitrogen and oxygen atoms in total. The molecule has 1 atom stereocenters. The van der Waals surface area contributed by atoms with Crippen LogP contribution in [0.5, 0.6) is 0 Å². The number of allylic oxidation sites excluding steroid dienone is 4. The Morgan fingerprint density at radius 3 is 0.756 bits per heavy atom. The second-order valence-corrected chi connectivity index (χ2v) is 24.7. The van der Waals surface area contributed by atoms with E-state index in [9.17, 15) is 14.7 Å². The summed E-state index contributed by atoms with van der Waals surface area (Å²) < 4.78 is 10.8. The molecule has 0 saturated carbocycles. The van der Waals surface area contributed by atoms with Crippen LogP contribution >= 0.6 is 0 Å². The molecule has 0 saturated heterocycles. The van der Waals surface area contributed by atoms with E-state index in [2.05, 4.69) is 38.2 Å². The first-order chi connectivity index (χ1) is 38.6. The smallest absolute Gasteiger partial charge is 0.306 e. The largest absolute Gasteiger partial charge is 0.462 e. The molecule has 0 radical (unpaired) electrons. The van der Waals surface area contributed by atoms with E-state index in [-0.39, 0.29) is 25.2 Å². The maximum Gasteiger partial charge on any atom is 0.306 e. The monoisotopic (exact) mass is 1100 g/mol. The number of ether oxygens (including phenoxy) is 2. The molecule has 1 N–H and O–H groups in total. The first kappa shape index (κ1) is 76.4. The Bertz CT molecular complexity index is 1200. The molecule has 0 rings (SSSR count). The molecule has 5 heteroatoms. The van der Waals surface area contributed by atoms with Gasteiger partial charge in [-0.05, 0) is 44.9 Å². The zero-order chi connectivity index (χ0) is 56.2. The standard InChI is InChI=1S/C73H140O5/c1-3-5-7-9-11-13-15-17-19-21-23-25-27-28-29-30-31-32-33-34-35-36-37-38-39-40-41-42-43-44-46-48-50-52-54-56-58-60-62-64-66-68-73(76)78-71(69-74)70-77-72(75)67-65-63-61-59-57-55-53-51-49-47-45-26-24-22-20-18-16-14-12-10-8-6-4-2/h15,17,21,23,71,74H,3-14,16,18-20,22,24-70H2,1-2H3/b17-15-,23-21-. The van der Waals surface area contributed by atoms with Gasteiger partial charge in [0.2, 0.25) is 0 Å². The van der Waals surface area contributed by atoms with Gasteiger partial charge in [0.05, 0.1) is 6.61 Å². The zero-order valence-corrected chi connectivity index (χ0v) is 53.2. The number of esters is 2. The van der Waals surface area contributed by atoms with Crippen LogP contribution in [-0.2, 0) is 19.1 Å². The third kappa shape index (κ3) is 66.9. The quantitative estimate of drug-likeness (QED) is 0.0373. The van der Waals surface area contributed by atoms with Gasteiger partial charge in [0.1, 0.15) is 6.61 Å². The van der Waals surface area contributed by atoms with Gasteiger partial charge in [-0.1, -0.05) is 378 Å². The molecule has 1 unspecified atom stereocenters. The first-order valence-corrected chi connectivity index (χ1v) is 35.9. The van der Waals surface area contributed by atoms with Crippen molar-refractivity contribution in [1.82, 2.24) is 0 Å². The fraction of sp³-hybridized carbons (Fsp3) is 0.918. The maximum absolute atomic E-state index is 12.4. The van der Waals surface area contributed by atoms with Gasteiger partial charge in [-0.2, -0.15) is 0 Å². The van der Waals surface area contributed by atoms with Crippen LogP contribution in [0.1, 0.15) is 412 Å². The number of hydrogen-bond donors (Lipinski definition) is 1. The summed E-state index contributed by atoms with van der Waals surface area (Å²) in [6, 6.07) is 0. The number of hydrogen-bond acceptors (Lipinski definition) is 5. The molecule has 0 aliphatic rings. The summed E-state index contributed by atoms with van der Waals surface area (Å²) in [4.78, 5) is 24.6. The van der Waals surface area contributed by atoms with Crippen molar-refractivity contribution < 1.29 is 24.2 Å². The third-order valence-corrected chi connectivity index (χ3v) is 16.7. The van der Waals surface area contributed by atoms with E-state index in [1.807, 2.05) is 0 Å². The summed E-state index contributed by atoms with van der Waals surface area (Å²) in [5.41, 5.74) is 0. The van der Waals surface area contributed by atoms with Crippen LogP contribution in [0, 0.1) is 0 Å². The van der Waals surface area contributed by atoms with Gasteiger partial charge in [-0.15, -0.1) is 0 Å². The molecule has 0 heterocycles. The normalized spacial score (nSPS) is 12.2. The van der Waals surface area contributed by atoms with E-state index >= 15 is 0 Å². The fourth-order valence-electron chi connectivity index (χ4n) is 11.4. The third-order valence-electron chi connectivity index (χ3n) is 16.7. The Hall–Kier alpha value is -1.62. The molecular formula is C73H140O5. The van der Waals surface area contributed by atoms with Crippen molar-refractivity contribution in [3.05, 3.63) is 24.3 Å². The highest BCUT2D eigenvalue weighted by molar-refractivity contribution is 5.70. The van der Waals surface area contributed by atoms with Crippen molar-refractivity contribution in [2.45, 2.75) is 418 Å². The number of carbonyl (C=O) groups is 2. The average Bonchev–Trinajstić information content (AvgIpc) is 3.44. The van der Waals surface area contributed by atoms with Crippen molar-refractivity contribution in [2.24, 2.45) is 0 Å². The Morgan fingerprint density at radius 2 is 0.513 bits per heavy atom. The lowest BCUT2D eigenvalue weighted by Crippen LogP contribution is -2.28. The van der Waals surface area contributed by atoms with Gasteiger partial charge in [-0.3, -0.25) is 9.59 Å². The van der Waals surface area contributed by atoms with E-state index in [1.165, 1.54) is 347 Å². The van der Waals surface area contributed by atoms with E-state index in [0.717, 1.165) is 38.5 Å². The van der Waals surface area contributed by atoms with Crippen LogP contribution in [0.2, 0.25) is 0 Å². The lowest BCUT2D eigenvalue weighted by molar-refractivity contribution is -0.161. The van der Waals surface area contributed by atoms with E-state index in [4.69, 9.17) is 9.47 Å². The minimum absolute atomic E-state index is 0.0567. The van der Waals surface area contributed by atoms with E-state index < -0.39 is 6.10 Å². The Kier molecular flexibility index (Phi) is 68.2. The van der Waals surface area contributed by atoms with E-state index in [1.54, 1.807) is 0 Å². The molecular weight excluding hydrogens is 957 g/mol. The lowest BCUT2D eigenvalue weighted by atomic mass is 10.0. The number of unbranched alkanes of at least 4 members (excludes halogenated alkanes) is 56. The molecule has 0 fully saturated rings. The highest BCUT2D eigenvalue weighted by Gasteiger charge is 2.16. The van der Waals surface area contributed by atoms with Crippen LogP contribution in [0.25, 0.3) is 0 Å². The number of aliphatic hydroxyl groups is 1. The first-order valence-electron chi connectivity index (χ1n) is 35.9. The Balaban J connectivity index is 3.35. The van der Waals surface area contributed by atoms with Crippen molar-refractivity contribution >= 4 is 11.9 Å². The summed E-state index contributed by atoms with van der Waals surface area (Å²) in [5.74, 6) is -0.561. The number of rotatable bonds is 68. The van der Waals surface area contributed by atoms with Crippen molar-refractivity contribution in [1.29, 1.82) is 0 Å². The predicted octanol–water partition coefficient (Wildman–Crippen LogP) is 24.8. The number of carbonyl (C=O) groups excluding carboxylic acids is 2. The van der Waals surface area contributed by atoms with Gasteiger partial charge >= 0.3 is 11.9 Å². The second-order valence-electron chi connectivity index (χ2n) is 24.7.